The van der Waals surface area contributed by atoms with Gasteiger partial charge in [-0.1, -0.05) is 5.16 Å². The van der Waals surface area contributed by atoms with E-state index in [-0.39, 0.29) is 11.3 Å². The van der Waals surface area contributed by atoms with E-state index < -0.39 is 0 Å². The molecule has 5 nitrogen and oxygen atoms in total. The molecule has 120 valence electrons. The molecule has 2 bridgehead atoms. The summed E-state index contributed by atoms with van der Waals surface area (Å²) >= 11 is 0. The molecule has 2 aromatic rings. The summed E-state index contributed by atoms with van der Waals surface area (Å²) in [7, 11) is 0. The minimum atomic E-state index is -0.0253. The third kappa shape index (κ3) is 2.02. The van der Waals surface area contributed by atoms with Crippen LogP contribution in [0.5, 0.6) is 0 Å². The molecule has 2 heterocycles. The van der Waals surface area contributed by atoms with Gasteiger partial charge in [-0.2, -0.15) is 0 Å². The Balaban J connectivity index is 1.53. The molecular formula is C18H21N3O2. The minimum absolute atomic E-state index is 0.0253. The van der Waals surface area contributed by atoms with Crippen LogP contribution in [0.25, 0.3) is 0 Å². The van der Waals surface area contributed by atoms with Crippen molar-refractivity contribution < 1.29 is 9.32 Å². The van der Waals surface area contributed by atoms with Crippen LogP contribution in [0.15, 0.2) is 23.1 Å². The zero-order chi connectivity index (χ0) is 15.4. The number of nitrogens with zero attached hydrogens (tertiary/aromatic N) is 3. The fourth-order valence-electron chi connectivity index (χ4n) is 4.62. The second-order valence-corrected chi connectivity index (χ2v) is 7.57. The van der Waals surface area contributed by atoms with Crippen molar-refractivity contribution in [2.75, 3.05) is 0 Å². The minimum Gasteiger partial charge on any atom is -0.360 e. The summed E-state index contributed by atoms with van der Waals surface area (Å²) in [5.74, 6) is 2.98. The maximum absolute atomic E-state index is 13.1. The van der Waals surface area contributed by atoms with Gasteiger partial charge in [0, 0.05) is 23.7 Å². The standard InChI is InChI=1S/C18H21N3O2/c22-16(14-11-20-23-15(14)13-1-2-13)21-10-9-19-17(21)18-6-3-12(4-7-18)5-8-18/h9-13H,1-8H2. The monoisotopic (exact) mass is 311 g/mol. The third-order valence-corrected chi connectivity index (χ3v) is 6.20. The Hall–Kier alpha value is -1.91. The summed E-state index contributed by atoms with van der Waals surface area (Å²) in [6.45, 7) is 0. The molecule has 4 aliphatic rings. The first-order valence-electron chi connectivity index (χ1n) is 8.80. The molecule has 6 rings (SSSR count). The molecule has 0 atom stereocenters. The van der Waals surface area contributed by atoms with Crippen LogP contribution in [-0.2, 0) is 5.41 Å². The highest BCUT2D eigenvalue weighted by Crippen LogP contribution is 2.51. The van der Waals surface area contributed by atoms with Gasteiger partial charge in [0.15, 0.2) is 5.76 Å². The summed E-state index contributed by atoms with van der Waals surface area (Å²) in [5.41, 5.74) is 0.720. The molecule has 0 unspecified atom stereocenters. The van der Waals surface area contributed by atoms with Gasteiger partial charge in [0.25, 0.3) is 5.91 Å². The van der Waals surface area contributed by atoms with E-state index >= 15 is 0 Å². The predicted octanol–water partition coefficient (Wildman–Crippen LogP) is 3.66. The normalized spacial score (nSPS) is 29.8. The fourth-order valence-corrected chi connectivity index (χ4v) is 4.62. The van der Waals surface area contributed by atoms with Crippen LogP contribution >= 0.6 is 0 Å². The lowest BCUT2D eigenvalue weighted by Crippen LogP contribution is -2.40. The van der Waals surface area contributed by atoms with Crippen molar-refractivity contribution in [1.29, 1.82) is 0 Å². The number of fused-ring (bicyclic) bond motifs is 3. The highest BCUT2D eigenvalue weighted by molar-refractivity contribution is 5.97. The maximum Gasteiger partial charge on any atom is 0.268 e. The Morgan fingerprint density at radius 1 is 1.17 bits per heavy atom. The van der Waals surface area contributed by atoms with Crippen molar-refractivity contribution in [1.82, 2.24) is 14.7 Å². The molecule has 0 N–H and O–H groups in total. The van der Waals surface area contributed by atoms with Crippen LogP contribution in [0.4, 0.5) is 0 Å². The molecule has 2 aromatic heterocycles. The van der Waals surface area contributed by atoms with Crippen molar-refractivity contribution in [3.63, 3.8) is 0 Å². The molecule has 0 saturated heterocycles. The van der Waals surface area contributed by atoms with E-state index in [2.05, 4.69) is 10.1 Å². The Morgan fingerprint density at radius 2 is 1.91 bits per heavy atom. The zero-order valence-corrected chi connectivity index (χ0v) is 13.2. The van der Waals surface area contributed by atoms with Gasteiger partial charge >= 0.3 is 0 Å². The van der Waals surface area contributed by atoms with E-state index in [9.17, 15) is 4.79 Å². The number of aromatic nitrogens is 3. The molecule has 0 amide bonds. The number of rotatable bonds is 3. The lowest BCUT2D eigenvalue weighted by molar-refractivity contribution is 0.0913. The van der Waals surface area contributed by atoms with E-state index in [4.69, 9.17) is 4.52 Å². The summed E-state index contributed by atoms with van der Waals surface area (Å²) in [4.78, 5) is 17.7. The Bertz CT molecular complexity index is 734. The predicted molar refractivity (Wildman–Crippen MR) is 83.3 cm³/mol. The molecule has 23 heavy (non-hydrogen) atoms. The van der Waals surface area contributed by atoms with E-state index in [1.165, 1.54) is 38.5 Å². The largest absolute Gasteiger partial charge is 0.360 e. The Kier molecular flexibility index (Phi) is 2.82. The van der Waals surface area contributed by atoms with Crippen LogP contribution < -0.4 is 0 Å². The first-order chi connectivity index (χ1) is 11.3. The van der Waals surface area contributed by atoms with Crippen LogP contribution in [-0.4, -0.2) is 20.6 Å². The van der Waals surface area contributed by atoms with Gasteiger partial charge in [-0.05, 0) is 57.3 Å². The average Bonchev–Trinajstić information content (AvgIpc) is 3.14. The van der Waals surface area contributed by atoms with Crippen molar-refractivity contribution in [2.45, 2.75) is 62.7 Å². The van der Waals surface area contributed by atoms with Crippen molar-refractivity contribution in [2.24, 2.45) is 5.92 Å². The molecule has 4 fully saturated rings. The van der Waals surface area contributed by atoms with Gasteiger partial charge in [0.05, 0.1) is 6.20 Å². The van der Waals surface area contributed by atoms with E-state index in [0.29, 0.717) is 11.5 Å². The van der Waals surface area contributed by atoms with E-state index in [1.54, 1.807) is 17.0 Å². The van der Waals surface area contributed by atoms with E-state index in [1.807, 2.05) is 6.20 Å². The van der Waals surface area contributed by atoms with Gasteiger partial charge in [-0.25, -0.2) is 4.98 Å². The Morgan fingerprint density at radius 3 is 2.61 bits per heavy atom. The lowest BCUT2D eigenvalue weighted by Gasteiger charge is -2.45. The quantitative estimate of drug-likeness (QED) is 0.868. The number of imidazole rings is 1. The van der Waals surface area contributed by atoms with E-state index in [0.717, 1.165) is 30.3 Å². The first-order valence-corrected chi connectivity index (χ1v) is 8.80. The molecule has 0 aliphatic heterocycles. The molecule has 0 aromatic carbocycles. The number of hydrogen-bond acceptors (Lipinski definition) is 4. The molecule has 5 heteroatoms. The maximum atomic E-state index is 13.1. The first kappa shape index (κ1) is 13.5. The zero-order valence-electron chi connectivity index (χ0n) is 13.2. The number of carbonyl (C=O) groups excluding carboxylic acids is 1. The summed E-state index contributed by atoms with van der Waals surface area (Å²) in [6.07, 6.45) is 14.7. The van der Waals surface area contributed by atoms with Crippen LogP contribution in [0.2, 0.25) is 0 Å². The smallest absolute Gasteiger partial charge is 0.268 e. The lowest BCUT2D eigenvalue weighted by atomic mass is 9.60. The fraction of sp³-hybridized carbons (Fsp3) is 0.611. The van der Waals surface area contributed by atoms with Crippen molar-refractivity contribution in [3.05, 3.63) is 35.7 Å². The van der Waals surface area contributed by atoms with Gasteiger partial charge in [0.1, 0.15) is 11.4 Å². The SMILES string of the molecule is O=C(c1cnoc1C1CC1)n1ccnc1C12CCC(CC1)CC2. The van der Waals surface area contributed by atoms with Crippen molar-refractivity contribution >= 4 is 5.91 Å². The summed E-state index contributed by atoms with van der Waals surface area (Å²) < 4.78 is 7.12. The average molecular weight is 311 g/mol. The second kappa shape index (κ2) is 4.79. The van der Waals surface area contributed by atoms with Gasteiger partial charge < -0.3 is 4.52 Å². The highest BCUT2D eigenvalue weighted by atomic mass is 16.5. The summed E-state index contributed by atoms with van der Waals surface area (Å²) in [6, 6.07) is 0. The van der Waals surface area contributed by atoms with Gasteiger partial charge in [-0.3, -0.25) is 9.36 Å². The van der Waals surface area contributed by atoms with Crippen LogP contribution in [0, 0.1) is 5.92 Å². The Labute approximate surface area is 135 Å². The van der Waals surface area contributed by atoms with Crippen molar-refractivity contribution in [3.8, 4) is 0 Å². The van der Waals surface area contributed by atoms with Gasteiger partial charge in [-0.15, -0.1) is 0 Å². The molecule has 4 saturated carbocycles. The molecule has 0 radical (unpaired) electrons. The highest BCUT2D eigenvalue weighted by Gasteiger charge is 2.45. The molecule has 0 spiro atoms. The third-order valence-electron chi connectivity index (χ3n) is 6.20. The number of carbonyl (C=O) groups is 1. The molecular weight excluding hydrogens is 290 g/mol. The van der Waals surface area contributed by atoms with Crippen LogP contribution in [0.3, 0.4) is 0 Å². The molecule has 4 aliphatic carbocycles. The number of hydrogen-bond donors (Lipinski definition) is 0. The van der Waals surface area contributed by atoms with Gasteiger partial charge in [0.2, 0.25) is 0 Å². The summed E-state index contributed by atoms with van der Waals surface area (Å²) in [5, 5.41) is 3.87. The second-order valence-electron chi connectivity index (χ2n) is 7.57. The topological polar surface area (TPSA) is 60.9 Å². The van der Waals surface area contributed by atoms with Crippen LogP contribution in [0.1, 0.15) is 79.2 Å².